The van der Waals surface area contributed by atoms with Crippen molar-refractivity contribution in [3.05, 3.63) is 118 Å². The van der Waals surface area contributed by atoms with Crippen molar-refractivity contribution in [2.24, 2.45) is 0 Å². The molecule has 12 heteroatoms. The molecule has 0 saturated heterocycles. The Morgan fingerprint density at radius 3 is 1.25 bits per heavy atom. The minimum Gasteiger partial charge on any atom is -0.326 e. The number of anilines is 4. The summed E-state index contributed by atoms with van der Waals surface area (Å²) in [6.45, 7) is 0. The predicted molar refractivity (Wildman–Crippen MR) is 186 cm³/mol. The van der Waals surface area contributed by atoms with Crippen molar-refractivity contribution in [2.75, 3.05) is 21.3 Å². The fourth-order valence-corrected chi connectivity index (χ4v) is 5.12. The molecular weight excluding hydrogens is 661 g/mol. The quantitative estimate of drug-likeness (QED) is 0.0928. The van der Waals surface area contributed by atoms with Crippen LogP contribution in [0.5, 0.6) is 0 Å². The maximum absolute atomic E-state index is 13.4. The topological polar surface area (TPSA) is 116 Å². The van der Waals surface area contributed by atoms with Crippen LogP contribution in [0.4, 0.5) is 31.5 Å². The smallest absolute Gasteiger partial charge is 0.255 e. The van der Waals surface area contributed by atoms with E-state index in [2.05, 4.69) is 21.3 Å². The van der Waals surface area contributed by atoms with Crippen LogP contribution in [0.3, 0.4) is 0 Å². The van der Waals surface area contributed by atoms with E-state index in [1.54, 1.807) is 48.5 Å². The molecule has 4 aromatic carbocycles. The number of carbonyl (C=O) groups is 4. The number of benzene rings is 4. The van der Waals surface area contributed by atoms with Gasteiger partial charge in [-0.3, -0.25) is 19.2 Å². The highest BCUT2D eigenvalue weighted by Gasteiger charge is 2.12. The highest BCUT2D eigenvalue weighted by atomic mass is 35.5. The lowest BCUT2D eigenvalue weighted by atomic mass is 10.1. The van der Waals surface area contributed by atoms with E-state index >= 15 is 0 Å². The Kier molecular flexibility index (Phi) is 13.5. The fourth-order valence-electron chi connectivity index (χ4n) is 4.76. The number of amides is 4. The summed E-state index contributed by atoms with van der Waals surface area (Å²) in [5, 5.41) is 10.7. The van der Waals surface area contributed by atoms with Gasteiger partial charge in [0.05, 0.1) is 10.0 Å². The fraction of sp³-hybridized carbons (Fsp3) is 0.222. The maximum atomic E-state index is 13.4. The van der Waals surface area contributed by atoms with E-state index in [9.17, 15) is 28.0 Å². The molecule has 4 rings (SSSR count). The van der Waals surface area contributed by atoms with Crippen LogP contribution in [0.25, 0.3) is 0 Å². The maximum Gasteiger partial charge on any atom is 0.255 e. The highest BCUT2D eigenvalue weighted by molar-refractivity contribution is 6.31. The first-order chi connectivity index (χ1) is 23.1. The molecule has 250 valence electrons. The number of hydrogen-bond acceptors (Lipinski definition) is 4. The third-order valence-corrected chi connectivity index (χ3v) is 7.81. The second kappa shape index (κ2) is 17.9. The van der Waals surface area contributed by atoms with Gasteiger partial charge >= 0.3 is 0 Å². The molecule has 4 amide bonds. The molecule has 8 nitrogen and oxygen atoms in total. The molecule has 0 aromatic heterocycles. The Bertz CT molecular complexity index is 1660. The summed E-state index contributed by atoms with van der Waals surface area (Å²) < 4.78 is 26.7. The minimum atomic E-state index is -0.581. The summed E-state index contributed by atoms with van der Waals surface area (Å²) in [5.74, 6) is -2.32. The SMILES string of the molecule is O=C(CCCCCCCCC(=O)Nc1cccc(C(=O)Nc2ccc(F)c(Cl)c2)c1)Nc1cccc(C(=O)Nc2ccc(F)c(Cl)c2)c1. The molecule has 0 saturated carbocycles. The molecular formula is C36H34Cl2F2N4O4. The van der Waals surface area contributed by atoms with Crippen molar-refractivity contribution in [3.63, 3.8) is 0 Å². The second-order valence-electron chi connectivity index (χ2n) is 11.0. The van der Waals surface area contributed by atoms with Gasteiger partial charge in [0.2, 0.25) is 11.8 Å². The first kappa shape index (κ1) is 36.0. The van der Waals surface area contributed by atoms with Gasteiger partial charge < -0.3 is 21.3 Å². The minimum absolute atomic E-state index is 0.0992. The standard InChI is InChI=1S/C36H34Cl2F2N4O4/c37-29-21-27(15-17-31(29)39)43-35(47)23-9-7-11-25(19-23)41-33(45)13-5-3-1-2-4-6-14-34(46)42-26-12-8-10-24(20-26)36(48)44-28-16-18-32(40)30(38)22-28/h7-12,15-22H,1-6,13-14H2,(H,41,45)(H,42,46)(H,43,47)(H,44,48). The number of halogens is 4. The van der Waals surface area contributed by atoms with Crippen LogP contribution < -0.4 is 21.3 Å². The lowest BCUT2D eigenvalue weighted by molar-refractivity contribution is -0.117. The number of hydrogen-bond donors (Lipinski definition) is 4. The molecule has 0 heterocycles. The van der Waals surface area contributed by atoms with Gasteiger partial charge in [-0.25, -0.2) is 8.78 Å². The molecule has 0 fully saturated rings. The van der Waals surface area contributed by atoms with Gasteiger partial charge in [0.1, 0.15) is 11.6 Å². The van der Waals surface area contributed by atoms with Crippen LogP contribution in [-0.4, -0.2) is 23.6 Å². The van der Waals surface area contributed by atoms with Crippen molar-refractivity contribution in [1.29, 1.82) is 0 Å². The van der Waals surface area contributed by atoms with Crippen molar-refractivity contribution in [1.82, 2.24) is 0 Å². The first-order valence-electron chi connectivity index (χ1n) is 15.4. The zero-order chi connectivity index (χ0) is 34.5. The van der Waals surface area contributed by atoms with Crippen LogP contribution >= 0.6 is 23.2 Å². The Hall–Kier alpha value is -4.80. The summed E-state index contributed by atoms with van der Waals surface area (Å²) in [4.78, 5) is 50.0. The number of rotatable bonds is 15. The molecule has 4 N–H and O–H groups in total. The van der Waals surface area contributed by atoms with E-state index < -0.39 is 23.4 Å². The molecule has 0 aliphatic carbocycles. The zero-order valence-corrected chi connectivity index (χ0v) is 27.4. The summed E-state index contributed by atoms with van der Waals surface area (Å²) in [5.41, 5.74) is 2.35. The normalized spacial score (nSPS) is 10.7. The molecule has 0 spiro atoms. The van der Waals surface area contributed by atoms with Gasteiger partial charge in [-0.15, -0.1) is 0 Å². The van der Waals surface area contributed by atoms with Gasteiger partial charge in [0, 0.05) is 46.7 Å². The number of unbranched alkanes of at least 4 members (excludes halogenated alkanes) is 5. The third-order valence-electron chi connectivity index (χ3n) is 7.23. The Balaban J connectivity index is 1.08. The summed E-state index contributed by atoms with van der Waals surface area (Å²) in [6, 6.07) is 20.8. The van der Waals surface area contributed by atoms with E-state index in [4.69, 9.17) is 23.2 Å². The summed E-state index contributed by atoms with van der Waals surface area (Å²) >= 11 is 11.5. The van der Waals surface area contributed by atoms with E-state index in [0.29, 0.717) is 59.6 Å². The molecule has 0 aliphatic heterocycles. The van der Waals surface area contributed by atoms with E-state index in [0.717, 1.165) is 25.7 Å². The Morgan fingerprint density at radius 2 is 0.854 bits per heavy atom. The number of nitrogens with one attached hydrogen (secondary N) is 4. The van der Waals surface area contributed by atoms with E-state index in [1.807, 2.05) is 0 Å². The monoisotopic (exact) mass is 694 g/mol. The second-order valence-corrected chi connectivity index (χ2v) is 11.9. The third kappa shape index (κ3) is 11.5. The van der Waals surface area contributed by atoms with Crippen molar-refractivity contribution < 1.29 is 28.0 Å². The van der Waals surface area contributed by atoms with Gasteiger partial charge in [0.15, 0.2) is 0 Å². The van der Waals surface area contributed by atoms with Crippen LogP contribution in [0, 0.1) is 11.6 Å². The lowest BCUT2D eigenvalue weighted by Crippen LogP contribution is -2.14. The van der Waals surface area contributed by atoms with Crippen LogP contribution in [0.15, 0.2) is 84.9 Å². The molecule has 48 heavy (non-hydrogen) atoms. The van der Waals surface area contributed by atoms with Crippen LogP contribution in [-0.2, 0) is 9.59 Å². The van der Waals surface area contributed by atoms with E-state index in [-0.39, 0.29) is 21.9 Å². The van der Waals surface area contributed by atoms with Gasteiger partial charge in [0.25, 0.3) is 11.8 Å². The summed E-state index contributed by atoms with van der Waals surface area (Å²) in [6.07, 6.45) is 5.65. The van der Waals surface area contributed by atoms with E-state index in [1.165, 1.54) is 36.4 Å². The predicted octanol–water partition coefficient (Wildman–Crippen LogP) is 9.47. The average Bonchev–Trinajstić information content (AvgIpc) is 3.06. The molecule has 4 aromatic rings. The highest BCUT2D eigenvalue weighted by Crippen LogP contribution is 2.22. The Morgan fingerprint density at radius 1 is 0.479 bits per heavy atom. The first-order valence-corrected chi connectivity index (χ1v) is 16.2. The van der Waals surface area contributed by atoms with Crippen molar-refractivity contribution in [2.45, 2.75) is 51.4 Å². The largest absolute Gasteiger partial charge is 0.326 e. The van der Waals surface area contributed by atoms with Crippen LogP contribution in [0.2, 0.25) is 10.0 Å². The number of carbonyl (C=O) groups excluding carboxylic acids is 4. The van der Waals surface area contributed by atoms with Gasteiger partial charge in [-0.1, -0.05) is 61.0 Å². The van der Waals surface area contributed by atoms with Gasteiger partial charge in [-0.05, 0) is 85.6 Å². The molecule has 0 unspecified atom stereocenters. The zero-order valence-electron chi connectivity index (χ0n) is 25.9. The average molecular weight is 696 g/mol. The lowest BCUT2D eigenvalue weighted by Gasteiger charge is -2.09. The van der Waals surface area contributed by atoms with Crippen LogP contribution in [0.1, 0.15) is 72.1 Å². The van der Waals surface area contributed by atoms with Crippen molar-refractivity contribution in [3.8, 4) is 0 Å². The Labute approximate surface area is 287 Å². The molecule has 0 aliphatic rings. The molecule has 0 radical (unpaired) electrons. The van der Waals surface area contributed by atoms with Gasteiger partial charge in [-0.2, -0.15) is 0 Å². The van der Waals surface area contributed by atoms with Crippen molar-refractivity contribution >= 4 is 69.6 Å². The molecule has 0 atom stereocenters. The molecule has 0 bridgehead atoms. The summed E-state index contributed by atoms with van der Waals surface area (Å²) in [7, 11) is 0.